The molecule has 1 N–H and O–H groups in total. The number of pyridine rings is 1. The zero-order chi connectivity index (χ0) is 18.5. The number of hydrazone groups is 1. The number of carbonyl (C=O) groups is 1. The largest absolute Gasteiger partial charge is 0.455 e. The molecule has 5 nitrogen and oxygen atoms in total. The molecule has 0 saturated heterocycles. The highest BCUT2D eigenvalue weighted by Gasteiger charge is 2.07. The fourth-order valence-electron chi connectivity index (χ4n) is 2.30. The van der Waals surface area contributed by atoms with Crippen molar-refractivity contribution in [1.29, 1.82) is 0 Å². The lowest BCUT2D eigenvalue weighted by Gasteiger charge is -2.01. The molecule has 0 aliphatic rings. The average molecular weight is 368 g/mol. The van der Waals surface area contributed by atoms with Crippen molar-refractivity contribution in [3.8, 4) is 11.3 Å². The second-order valence-electron chi connectivity index (χ2n) is 5.77. The molecule has 0 unspecified atom stereocenters. The van der Waals surface area contributed by atoms with Gasteiger partial charge in [0, 0.05) is 16.8 Å². The molecule has 2 aromatic heterocycles. The summed E-state index contributed by atoms with van der Waals surface area (Å²) in [6.45, 7) is 3.98. The van der Waals surface area contributed by atoms with Crippen LogP contribution in [-0.2, 0) is 6.42 Å². The second kappa shape index (κ2) is 7.97. The molecule has 3 aromatic rings. The van der Waals surface area contributed by atoms with Crippen LogP contribution in [0.2, 0.25) is 5.02 Å². The first-order valence-corrected chi connectivity index (χ1v) is 8.59. The number of rotatable bonds is 5. The quantitative estimate of drug-likeness (QED) is 0.528. The normalized spacial score (nSPS) is 11.0. The van der Waals surface area contributed by atoms with Crippen LogP contribution >= 0.6 is 11.6 Å². The van der Waals surface area contributed by atoms with Gasteiger partial charge in [0.05, 0.1) is 6.21 Å². The minimum absolute atomic E-state index is 0.314. The number of aromatic nitrogens is 1. The molecule has 6 heteroatoms. The van der Waals surface area contributed by atoms with E-state index in [4.69, 9.17) is 16.0 Å². The van der Waals surface area contributed by atoms with E-state index in [1.165, 1.54) is 6.21 Å². The van der Waals surface area contributed by atoms with Gasteiger partial charge in [-0.15, -0.1) is 0 Å². The number of hydrogen-bond donors (Lipinski definition) is 1. The van der Waals surface area contributed by atoms with Gasteiger partial charge < -0.3 is 4.42 Å². The first-order chi connectivity index (χ1) is 12.6. The van der Waals surface area contributed by atoms with Crippen LogP contribution in [-0.4, -0.2) is 17.1 Å². The lowest BCUT2D eigenvalue weighted by molar-refractivity contribution is 0.0950. The Balaban J connectivity index is 1.64. The Hall–Kier alpha value is -2.92. The molecule has 1 aromatic carbocycles. The number of hydrogen-bond acceptors (Lipinski definition) is 4. The van der Waals surface area contributed by atoms with Gasteiger partial charge in [-0.05, 0) is 48.7 Å². The minimum Gasteiger partial charge on any atom is -0.455 e. The average Bonchev–Trinajstić information content (AvgIpc) is 3.13. The van der Waals surface area contributed by atoms with Gasteiger partial charge in [-0.25, -0.2) is 5.43 Å². The predicted molar refractivity (Wildman–Crippen MR) is 103 cm³/mol. The highest BCUT2D eigenvalue weighted by molar-refractivity contribution is 6.31. The Bertz CT molecular complexity index is 946. The molecule has 0 saturated carbocycles. The van der Waals surface area contributed by atoms with E-state index < -0.39 is 0 Å². The van der Waals surface area contributed by atoms with E-state index in [2.05, 4.69) is 15.5 Å². The summed E-state index contributed by atoms with van der Waals surface area (Å²) in [6, 6.07) is 12.9. The van der Waals surface area contributed by atoms with E-state index in [9.17, 15) is 4.79 Å². The topological polar surface area (TPSA) is 67.5 Å². The molecule has 1 amide bonds. The van der Waals surface area contributed by atoms with Crippen molar-refractivity contribution in [1.82, 2.24) is 10.4 Å². The summed E-state index contributed by atoms with van der Waals surface area (Å²) in [5, 5.41) is 4.60. The van der Waals surface area contributed by atoms with Crippen LogP contribution in [0.5, 0.6) is 0 Å². The maximum Gasteiger partial charge on any atom is 0.289 e. The molecule has 0 atom stereocenters. The summed E-state index contributed by atoms with van der Waals surface area (Å²) < 4.78 is 5.71. The molecule has 132 valence electrons. The van der Waals surface area contributed by atoms with E-state index in [1.54, 1.807) is 18.3 Å². The lowest BCUT2D eigenvalue weighted by Crippen LogP contribution is -2.18. The molecule has 0 fully saturated rings. The molecule has 3 rings (SSSR count). The van der Waals surface area contributed by atoms with E-state index in [0.717, 1.165) is 23.1 Å². The Morgan fingerprint density at radius 1 is 1.27 bits per heavy atom. The molecule has 0 bridgehead atoms. The maximum atomic E-state index is 12.0. The third-order valence-electron chi connectivity index (χ3n) is 3.91. The van der Waals surface area contributed by atoms with Crippen LogP contribution < -0.4 is 5.43 Å². The van der Waals surface area contributed by atoms with E-state index in [0.29, 0.717) is 22.2 Å². The number of nitrogens with zero attached hydrogens (tertiary/aromatic N) is 2. The number of carbonyl (C=O) groups excluding carboxylic acids is 1. The molecule has 0 aliphatic carbocycles. The smallest absolute Gasteiger partial charge is 0.289 e. The molecule has 0 spiro atoms. The number of aryl methyl sites for hydroxylation is 2. The van der Waals surface area contributed by atoms with Gasteiger partial charge in [0.15, 0.2) is 0 Å². The third-order valence-corrected chi connectivity index (χ3v) is 4.31. The number of nitrogens with one attached hydrogen (secondary N) is 1. The zero-order valence-electron chi connectivity index (χ0n) is 14.5. The summed E-state index contributed by atoms with van der Waals surface area (Å²) in [5.74, 6) is 0.823. The van der Waals surface area contributed by atoms with Gasteiger partial charge >= 0.3 is 0 Å². The Labute approximate surface area is 156 Å². The second-order valence-corrected chi connectivity index (χ2v) is 6.18. The van der Waals surface area contributed by atoms with Crippen LogP contribution in [0.15, 0.2) is 58.2 Å². The zero-order valence-corrected chi connectivity index (χ0v) is 15.2. The fourth-order valence-corrected chi connectivity index (χ4v) is 2.48. The number of amides is 1. The van der Waals surface area contributed by atoms with Gasteiger partial charge in [-0.3, -0.25) is 9.78 Å². The van der Waals surface area contributed by atoms with Crippen molar-refractivity contribution in [2.45, 2.75) is 20.3 Å². The van der Waals surface area contributed by atoms with Crippen LogP contribution in [0.4, 0.5) is 0 Å². The van der Waals surface area contributed by atoms with Crippen molar-refractivity contribution in [2.24, 2.45) is 5.10 Å². The maximum absolute atomic E-state index is 12.0. The Kier molecular flexibility index (Phi) is 5.49. The molecular formula is C20H18ClN3O2. The van der Waals surface area contributed by atoms with Crippen LogP contribution in [0.1, 0.15) is 34.3 Å². The molecule has 0 aliphatic heterocycles. The summed E-state index contributed by atoms with van der Waals surface area (Å²) in [4.78, 5) is 16.1. The first-order valence-electron chi connectivity index (χ1n) is 8.21. The number of furan rings is 1. The van der Waals surface area contributed by atoms with Crippen LogP contribution in [0.3, 0.4) is 0 Å². The van der Waals surface area contributed by atoms with Gasteiger partial charge in [-0.1, -0.05) is 36.7 Å². The van der Waals surface area contributed by atoms with E-state index in [1.807, 2.05) is 44.2 Å². The number of benzene rings is 1. The van der Waals surface area contributed by atoms with Crippen LogP contribution in [0.25, 0.3) is 11.3 Å². The first kappa shape index (κ1) is 17.9. The summed E-state index contributed by atoms with van der Waals surface area (Å²) >= 11 is 6.14. The lowest BCUT2D eigenvalue weighted by atomic mass is 10.1. The summed E-state index contributed by atoms with van der Waals surface area (Å²) in [6.07, 6.45) is 4.00. The SMILES string of the molecule is CCc1ccc(C(=O)N/N=C/c2ccc(-c3ccc(C)c(Cl)c3)o2)nc1. The van der Waals surface area contributed by atoms with Gasteiger partial charge in [0.25, 0.3) is 5.91 Å². The van der Waals surface area contributed by atoms with Gasteiger partial charge in [-0.2, -0.15) is 5.10 Å². The van der Waals surface area contributed by atoms with Crippen molar-refractivity contribution < 1.29 is 9.21 Å². The Morgan fingerprint density at radius 2 is 2.12 bits per heavy atom. The van der Waals surface area contributed by atoms with Crippen molar-refractivity contribution in [2.75, 3.05) is 0 Å². The summed E-state index contributed by atoms with van der Waals surface area (Å²) in [5.41, 5.74) is 5.71. The predicted octanol–water partition coefficient (Wildman–Crippen LogP) is 4.63. The monoisotopic (exact) mass is 367 g/mol. The molecular weight excluding hydrogens is 350 g/mol. The summed E-state index contributed by atoms with van der Waals surface area (Å²) in [7, 11) is 0. The van der Waals surface area contributed by atoms with E-state index >= 15 is 0 Å². The van der Waals surface area contributed by atoms with E-state index in [-0.39, 0.29) is 5.91 Å². The number of halogens is 1. The molecule has 26 heavy (non-hydrogen) atoms. The fraction of sp³-hybridized carbons (Fsp3) is 0.150. The highest BCUT2D eigenvalue weighted by Crippen LogP contribution is 2.26. The standard InChI is InChI=1S/C20H18ClN3O2/c1-3-14-5-8-18(22-11-14)20(25)24-23-12-16-7-9-19(26-16)15-6-4-13(2)17(21)10-15/h4-12H,3H2,1-2H3,(H,24,25)/b23-12+. The van der Waals surface area contributed by atoms with Crippen molar-refractivity contribution >= 4 is 23.7 Å². The van der Waals surface area contributed by atoms with Gasteiger partial charge in [0.1, 0.15) is 17.2 Å². The minimum atomic E-state index is -0.374. The van der Waals surface area contributed by atoms with Crippen molar-refractivity contribution in [3.05, 3.63) is 76.3 Å². The van der Waals surface area contributed by atoms with Crippen molar-refractivity contribution in [3.63, 3.8) is 0 Å². The third kappa shape index (κ3) is 4.18. The van der Waals surface area contributed by atoms with Crippen LogP contribution in [0, 0.1) is 6.92 Å². The molecule has 0 radical (unpaired) electrons. The molecule has 2 heterocycles. The highest BCUT2D eigenvalue weighted by atomic mass is 35.5. The Morgan fingerprint density at radius 3 is 2.81 bits per heavy atom. The van der Waals surface area contributed by atoms with Gasteiger partial charge in [0.2, 0.25) is 0 Å².